The number of rotatable bonds is 7. The summed E-state index contributed by atoms with van der Waals surface area (Å²) in [6.45, 7) is 0. The first-order valence-electron chi connectivity index (χ1n) is 18.7. The van der Waals surface area contributed by atoms with Gasteiger partial charge in [0, 0.05) is 16.8 Å². The molecule has 1 aliphatic rings. The lowest BCUT2D eigenvalue weighted by molar-refractivity contribution is 0.775. The molecule has 0 aliphatic heterocycles. The predicted octanol–water partition coefficient (Wildman–Crippen LogP) is 14.0. The van der Waals surface area contributed by atoms with Crippen LogP contribution in [-0.4, -0.2) is 0 Å². The second-order valence-corrected chi connectivity index (χ2v) is 14.0. The van der Waals surface area contributed by atoms with Crippen LogP contribution in [0.2, 0.25) is 0 Å². The summed E-state index contributed by atoms with van der Waals surface area (Å²) in [5.41, 5.74) is 15.2. The smallest absolute Gasteiger partial charge is 0.0720 e. The summed E-state index contributed by atoms with van der Waals surface area (Å²) in [5, 5.41) is 2.46. The minimum atomic E-state index is -0.584. The molecule has 10 rings (SSSR count). The first kappa shape index (κ1) is 31.7. The van der Waals surface area contributed by atoms with Crippen molar-refractivity contribution in [2.24, 2.45) is 0 Å². The van der Waals surface area contributed by atoms with Crippen LogP contribution in [0.3, 0.4) is 0 Å². The highest BCUT2D eigenvalue weighted by Crippen LogP contribution is 2.62. The van der Waals surface area contributed by atoms with Gasteiger partial charge >= 0.3 is 0 Å². The maximum Gasteiger partial charge on any atom is 0.0720 e. The zero-order valence-electron chi connectivity index (χ0n) is 29.8. The van der Waals surface area contributed by atoms with Crippen molar-refractivity contribution in [2.45, 2.75) is 5.41 Å². The minimum Gasteiger partial charge on any atom is -0.309 e. The van der Waals surface area contributed by atoms with E-state index in [-0.39, 0.29) is 0 Å². The SMILES string of the molecule is c1ccc(-c2ccc3c(c2)-c2c(N(c4ccccc4)c4ccccc4-c4ccccc4)cc4ccccc4c2C3(c2ccccc2)c2ccccc2)cc1. The van der Waals surface area contributed by atoms with Gasteiger partial charge in [0.25, 0.3) is 0 Å². The molecule has 0 unspecified atom stereocenters. The normalized spacial score (nSPS) is 12.6. The van der Waals surface area contributed by atoms with Crippen LogP contribution in [0.1, 0.15) is 22.3 Å². The van der Waals surface area contributed by atoms with E-state index in [9.17, 15) is 0 Å². The van der Waals surface area contributed by atoms with Gasteiger partial charge in [0.05, 0.1) is 16.8 Å². The number of hydrogen-bond donors (Lipinski definition) is 0. The third-order valence-electron chi connectivity index (χ3n) is 11.1. The fourth-order valence-corrected chi connectivity index (χ4v) is 8.85. The van der Waals surface area contributed by atoms with Crippen LogP contribution in [0.4, 0.5) is 17.1 Å². The summed E-state index contributed by atoms with van der Waals surface area (Å²) in [7, 11) is 0. The first-order valence-corrected chi connectivity index (χ1v) is 18.7. The molecule has 0 N–H and O–H groups in total. The summed E-state index contributed by atoms with van der Waals surface area (Å²) in [4.78, 5) is 2.50. The molecule has 0 saturated heterocycles. The van der Waals surface area contributed by atoms with Gasteiger partial charge in [0.15, 0.2) is 0 Å². The Morgan fingerprint density at radius 1 is 0.352 bits per heavy atom. The van der Waals surface area contributed by atoms with Crippen LogP contribution in [0.25, 0.3) is 44.2 Å². The zero-order valence-corrected chi connectivity index (χ0v) is 29.8. The molecule has 0 fully saturated rings. The maximum absolute atomic E-state index is 2.50. The Kier molecular flexibility index (Phi) is 7.78. The highest BCUT2D eigenvalue weighted by molar-refractivity contribution is 6.09. The van der Waals surface area contributed by atoms with E-state index in [0.29, 0.717) is 0 Å². The lowest BCUT2D eigenvalue weighted by Gasteiger charge is -2.36. The van der Waals surface area contributed by atoms with E-state index in [4.69, 9.17) is 0 Å². The topological polar surface area (TPSA) is 3.24 Å². The van der Waals surface area contributed by atoms with Crippen molar-refractivity contribution in [3.63, 3.8) is 0 Å². The van der Waals surface area contributed by atoms with Gasteiger partial charge in [0.1, 0.15) is 0 Å². The second-order valence-electron chi connectivity index (χ2n) is 14.0. The molecule has 54 heavy (non-hydrogen) atoms. The Hall–Kier alpha value is -6.96. The Bertz CT molecular complexity index is 2700. The Morgan fingerprint density at radius 2 is 0.889 bits per heavy atom. The van der Waals surface area contributed by atoms with Crippen LogP contribution in [0, 0.1) is 0 Å². The monoisotopic (exact) mass is 687 g/mol. The third-order valence-corrected chi connectivity index (χ3v) is 11.1. The van der Waals surface area contributed by atoms with Crippen LogP contribution < -0.4 is 4.90 Å². The molecule has 0 heterocycles. The number of nitrogens with zero attached hydrogens (tertiary/aromatic N) is 1. The third kappa shape index (κ3) is 5.01. The standard InChI is InChI=1S/C53H37N/c1-6-20-38(21-7-1)40-34-35-48-47(36-40)51-50(54(44-29-14-5-15-30-44)49-33-19-18-31-45(49)39-22-8-2-9-23-39)37-41-24-16-17-32-46(41)52(51)53(48,42-25-10-3-11-26-42)43-27-12-4-13-28-43/h1-37H. The van der Waals surface area contributed by atoms with Gasteiger partial charge < -0.3 is 4.90 Å². The molecule has 0 spiro atoms. The van der Waals surface area contributed by atoms with Gasteiger partial charge in [-0.2, -0.15) is 0 Å². The molecule has 1 heteroatoms. The molecule has 1 aliphatic carbocycles. The average molecular weight is 688 g/mol. The van der Waals surface area contributed by atoms with E-state index in [0.717, 1.165) is 17.1 Å². The number of para-hydroxylation sites is 2. The van der Waals surface area contributed by atoms with E-state index >= 15 is 0 Å². The number of anilines is 3. The van der Waals surface area contributed by atoms with E-state index in [1.54, 1.807) is 0 Å². The highest BCUT2D eigenvalue weighted by atomic mass is 15.1. The largest absolute Gasteiger partial charge is 0.309 e. The van der Waals surface area contributed by atoms with Gasteiger partial charge in [-0.15, -0.1) is 0 Å². The molecule has 0 radical (unpaired) electrons. The minimum absolute atomic E-state index is 0.584. The number of fused-ring (bicyclic) bond motifs is 5. The molecule has 254 valence electrons. The van der Waals surface area contributed by atoms with E-state index in [1.165, 1.54) is 66.4 Å². The van der Waals surface area contributed by atoms with Gasteiger partial charge in [-0.1, -0.05) is 194 Å². The van der Waals surface area contributed by atoms with Crippen molar-refractivity contribution in [1.82, 2.24) is 0 Å². The fourth-order valence-electron chi connectivity index (χ4n) is 8.85. The summed E-state index contributed by atoms with van der Waals surface area (Å²) in [6.07, 6.45) is 0. The van der Waals surface area contributed by atoms with E-state index in [1.807, 2.05) is 0 Å². The molecular formula is C53H37N. The van der Waals surface area contributed by atoms with Crippen molar-refractivity contribution in [3.05, 3.63) is 247 Å². The van der Waals surface area contributed by atoms with Crippen molar-refractivity contribution >= 4 is 27.8 Å². The van der Waals surface area contributed by atoms with Gasteiger partial charge in [-0.05, 0) is 85.6 Å². The van der Waals surface area contributed by atoms with Crippen molar-refractivity contribution in [2.75, 3.05) is 4.90 Å². The molecule has 0 amide bonds. The Morgan fingerprint density at radius 3 is 1.56 bits per heavy atom. The van der Waals surface area contributed by atoms with E-state index in [2.05, 4.69) is 229 Å². The van der Waals surface area contributed by atoms with E-state index < -0.39 is 5.41 Å². The molecule has 1 nitrogen and oxygen atoms in total. The number of benzene rings is 9. The predicted molar refractivity (Wildman–Crippen MR) is 227 cm³/mol. The van der Waals surface area contributed by atoms with Crippen molar-refractivity contribution in [3.8, 4) is 33.4 Å². The van der Waals surface area contributed by atoms with Crippen LogP contribution in [0.15, 0.2) is 224 Å². The average Bonchev–Trinajstić information content (AvgIpc) is 3.57. The first-order chi connectivity index (χ1) is 26.8. The van der Waals surface area contributed by atoms with Crippen molar-refractivity contribution < 1.29 is 0 Å². The van der Waals surface area contributed by atoms with Crippen LogP contribution in [0.5, 0.6) is 0 Å². The molecule has 9 aromatic rings. The van der Waals surface area contributed by atoms with Gasteiger partial charge in [0.2, 0.25) is 0 Å². The summed E-state index contributed by atoms with van der Waals surface area (Å²) >= 11 is 0. The lowest BCUT2D eigenvalue weighted by atomic mass is 9.66. The quantitative estimate of drug-likeness (QED) is 0.161. The summed E-state index contributed by atoms with van der Waals surface area (Å²) < 4.78 is 0. The molecular weight excluding hydrogens is 651 g/mol. The summed E-state index contributed by atoms with van der Waals surface area (Å²) in [5.74, 6) is 0. The fraction of sp³-hybridized carbons (Fsp3) is 0.0189. The van der Waals surface area contributed by atoms with Crippen LogP contribution in [-0.2, 0) is 5.41 Å². The highest BCUT2D eigenvalue weighted by Gasteiger charge is 2.49. The molecule has 0 aromatic heterocycles. The van der Waals surface area contributed by atoms with Crippen LogP contribution >= 0.6 is 0 Å². The van der Waals surface area contributed by atoms with Gasteiger partial charge in [-0.3, -0.25) is 0 Å². The van der Waals surface area contributed by atoms with Crippen molar-refractivity contribution in [1.29, 1.82) is 0 Å². The Labute approximate surface area is 317 Å². The zero-order chi connectivity index (χ0) is 35.9. The molecule has 0 bridgehead atoms. The molecule has 9 aromatic carbocycles. The van der Waals surface area contributed by atoms with Gasteiger partial charge in [-0.25, -0.2) is 0 Å². The molecule has 0 atom stereocenters. The number of hydrogen-bond acceptors (Lipinski definition) is 1. The maximum atomic E-state index is 2.50. The Balaban J connectivity index is 1.40. The molecule has 0 saturated carbocycles. The lowest BCUT2D eigenvalue weighted by Crippen LogP contribution is -2.29. The summed E-state index contributed by atoms with van der Waals surface area (Å²) in [6, 6.07) is 82.1. The second kappa shape index (κ2) is 13.2.